The Morgan fingerprint density at radius 1 is 0.711 bits per heavy atom. The third-order valence-corrected chi connectivity index (χ3v) is 9.01. The maximum Gasteiger partial charge on any atom is 0.235 e. The molecule has 14 heteroatoms. The molecule has 0 aliphatic carbocycles. The molecular formula is C31H30N2O10S2. The van der Waals surface area contributed by atoms with Crippen molar-refractivity contribution in [2.45, 2.75) is 38.6 Å². The molecule has 12 nitrogen and oxygen atoms in total. The van der Waals surface area contributed by atoms with E-state index in [0.29, 0.717) is 34.0 Å². The van der Waals surface area contributed by atoms with Crippen LogP contribution in [0, 0.1) is 13.8 Å². The Hall–Kier alpha value is -4.63. The Morgan fingerprint density at radius 3 is 1.78 bits per heavy atom. The van der Waals surface area contributed by atoms with E-state index in [1.807, 2.05) is 0 Å². The third kappa shape index (κ3) is 7.37. The third-order valence-electron chi connectivity index (χ3n) is 6.78. The molecule has 0 spiro atoms. The summed E-state index contributed by atoms with van der Waals surface area (Å²) >= 11 is 0. The molecule has 0 atom stereocenters. The number of aromatic nitrogens is 2. The van der Waals surface area contributed by atoms with Gasteiger partial charge in [-0.1, -0.05) is 21.6 Å². The normalized spacial score (nSPS) is 10.9. The number of aromatic hydroxyl groups is 6. The minimum Gasteiger partial charge on any atom is -0.508 e. The summed E-state index contributed by atoms with van der Waals surface area (Å²) in [6, 6.07) is 7.64. The quantitative estimate of drug-likeness (QED) is 0.0637. The Kier molecular flexibility index (Phi) is 10.7. The van der Waals surface area contributed by atoms with Gasteiger partial charge in [-0.15, -0.1) is 0 Å². The van der Waals surface area contributed by atoms with Gasteiger partial charge in [0.05, 0.1) is 30.0 Å². The summed E-state index contributed by atoms with van der Waals surface area (Å²) in [6.07, 6.45) is 3.32. The summed E-state index contributed by atoms with van der Waals surface area (Å²) in [4.78, 5) is 20.3. The summed E-state index contributed by atoms with van der Waals surface area (Å²) in [7, 11) is 3.08. The van der Waals surface area contributed by atoms with Gasteiger partial charge in [-0.05, 0) is 55.3 Å². The van der Waals surface area contributed by atoms with Crippen molar-refractivity contribution >= 4 is 32.6 Å². The Morgan fingerprint density at radius 2 is 1.27 bits per heavy atom. The molecule has 0 bridgehead atoms. The van der Waals surface area contributed by atoms with Crippen molar-refractivity contribution in [3.05, 3.63) is 92.7 Å². The molecule has 0 saturated carbocycles. The van der Waals surface area contributed by atoms with Gasteiger partial charge in [-0.3, -0.25) is 14.8 Å². The van der Waals surface area contributed by atoms with Crippen molar-refractivity contribution in [3.8, 4) is 45.8 Å². The van der Waals surface area contributed by atoms with Gasteiger partial charge in [0.1, 0.15) is 22.8 Å². The van der Waals surface area contributed by atoms with Crippen molar-refractivity contribution < 1.29 is 45.3 Å². The van der Waals surface area contributed by atoms with E-state index in [4.69, 9.17) is 4.42 Å². The van der Waals surface area contributed by atoms with Gasteiger partial charge in [0.15, 0.2) is 17.3 Å². The Balaban J connectivity index is 0.000000206. The molecule has 0 aliphatic heterocycles. The van der Waals surface area contributed by atoms with E-state index in [1.165, 1.54) is 51.9 Å². The van der Waals surface area contributed by atoms with E-state index in [-0.39, 0.29) is 58.5 Å². The van der Waals surface area contributed by atoms with Crippen molar-refractivity contribution in [2.75, 3.05) is 0 Å². The lowest BCUT2D eigenvalue weighted by atomic mass is 10.1. The van der Waals surface area contributed by atoms with E-state index in [0.717, 1.165) is 17.2 Å². The zero-order valence-corrected chi connectivity index (χ0v) is 25.7. The fourth-order valence-electron chi connectivity index (χ4n) is 4.21. The molecule has 5 rings (SSSR count). The smallest absolute Gasteiger partial charge is 0.235 e. The average molecular weight is 655 g/mol. The fraction of sp³-hybridized carbons (Fsp3) is 0.194. The van der Waals surface area contributed by atoms with Crippen LogP contribution in [0.15, 0.2) is 58.0 Å². The van der Waals surface area contributed by atoms with E-state index in [1.54, 1.807) is 26.2 Å². The Bertz CT molecular complexity index is 1850. The molecule has 8 N–H and O–H groups in total. The molecule has 0 amide bonds. The number of aliphatic hydroxyl groups excluding tert-OH is 2. The van der Waals surface area contributed by atoms with Crippen LogP contribution in [0.4, 0.5) is 0 Å². The number of fused-ring (bicyclic) bond motifs is 1. The molecule has 236 valence electrons. The van der Waals surface area contributed by atoms with Crippen LogP contribution in [0.25, 0.3) is 22.3 Å². The maximum atomic E-state index is 12.1. The number of benzene rings is 2. The SMILES string of the molecule is Cc1ncc(CSSCc2cnc(C)c(O)c2CO)c(CO)c1O.O=c1c(O)c(-c2ccc(O)c(O)c2)oc2cc(O)ccc12. The van der Waals surface area contributed by atoms with Crippen LogP contribution in [0.5, 0.6) is 34.5 Å². The molecule has 0 aliphatic rings. The van der Waals surface area contributed by atoms with Crippen LogP contribution in [0.2, 0.25) is 0 Å². The van der Waals surface area contributed by atoms with Crippen LogP contribution in [0.3, 0.4) is 0 Å². The van der Waals surface area contributed by atoms with Crippen molar-refractivity contribution in [1.82, 2.24) is 9.97 Å². The van der Waals surface area contributed by atoms with Gasteiger partial charge in [-0.2, -0.15) is 0 Å². The molecule has 0 radical (unpaired) electrons. The first-order chi connectivity index (χ1) is 21.5. The second-order valence-corrected chi connectivity index (χ2v) is 12.2. The van der Waals surface area contributed by atoms with Gasteiger partial charge in [0.25, 0.3) is 0 Å². The number of phenols is 3. The number of rotatable bonds is 8. The standard InChI is InChI=1S/C16H20N2O4S2.C15H10O6/c1-9-15(21)13(5-19)11(3-17-9)7-23-24-8-12-4-18-10(2)16(22)14(12)6-20;16-8-2-3-9-12(6-8)21-15(14(20)13(9)19)7-1-4-10(17)11(18)5-7/h3-4,19-22H,5-8H2,1-2H3;1-6,16-18,20H. The lowest BCUT2D eigenvalue weighted by Gasteiger charge is -2.12. The van der Waals surface area contributed by atoms with Crippen LogP contribution < -0.4 is 5.43 Å². The second kappa shape index (κ2) is 14.4. The number of phenolic OH excluding ortho intramolecular Hbond substituents is 3. The molecule has 0 fully saturated rings. The topological polar surface area (TPSA) is 218 Å². The van der Waals surface area contributed by atoms with E-state index >= 15 is 0 Å². The summed E-state index contributed by atoms with van der Waals surface area (Å²) in [5.74, 6) is -0.388. The summed E-state index contributed by atoms with van der Waals surface area (Å²) < 4.78 is 5.43. The monoisotopic (exact) mass is 654 g/mol. The van der Waals surface area contributed by atoms with Crippen LogP contribution >= 0.6 is 21.6 Å². The molecule has 45 heavy (non-hydrogen) atoms. The van der Waals surface area contributed by atoms with Crippen LogP contribution in [-0.4, -0.2) is 50.8 Å². The summed E-state index contributed by atoms with van der Waals surface area (Å²) in [5.41, 5.74) is 3.21. The predicted octanol–water partition coefficient (Wildman–Crippen LogP) is 4.85. The van der Waals surface area contributed by atoms with Crippen molar-refractivity contribution in [3.63, 3.8) is 0 Å². The average Bonchev–Trinajstić information content (AvgIpc) is 3.02. The van der Waals surface area contributed by atoms with Crippen LogP contribution in [0.1, 0.15) is 33.6 Å². The van der Waals surface area contributed by atoms with Gasteiger partial charge < -0.3 is 45.3 Å². The first-order valence-corrected chi connectivity index (χ1v) is 15.7. The number of nitrogens with zero attached hydrogens (tertiary/aromatic N) is 2. The molecule has 5 aromatic rings. The first kappa shape index (κ1) is 33.3. The van der Waals surface area contributed by atoms with Gasteiger partial charge in [-0.25, -0.2) is 0 Å². The van der Waals surface area contributed by atoms with Gasteiger partial charge in [0.2, 0.25) is 11.2 Å². The molecule has 3 heterocycles. The molecule has 0 saturated heterocycles. The highest BCUT2D eigenvalue weighted by atomic mass is 33.1. The highest BCUT2D eigenvalue weighted by Crippen LogP contribution is 2.37. The zero-order chi connectivity index (χ0) is 32.8. The van der Waals surface area contributed by atoms with Gasteiger partial charge >= 0.3 is 0 Å². The first-order valence-electron chi connectivity index (χ1n) is 13.3. The largest absolute Gasteiger partial charge is 0.508 e. The number of hydrogen-bond donors (Lipinski definition) is 8. The van der Waals surface area contributed by atoms with Gasteiger partial charge in [0, 0.05) is 46.7 Å². The molecule has 0 unspecified atom stereocenters. The highest BCUT2D eigenvalue weighted by Gasteiger charge is 2.17. The molecule has 2 aromatic carbocycles. The highest BCUT2D eigenvalue weighted by molar-refractivity contribution is 8.76. The maximum absolute atomic E-state index is 12.1. The minimum absolute atomic E-state index is 0.0378. The number of hydrogen-bond acceptors (Lipinski definition) is 14. The van der Waals surface area contributed by atoms with E-state index in [9.17, 15) is 45.6 Å². The lowest BCUT2D eigenvalue weighted by molar-refractivity contribution is 0.273. The van der Waals surface area contributed by atoms with Crippen LogP contribution in [-0.2, 0) is 24.7 Å². The number of pyridine rings is 2. The molecular weight excluding hydrogens is 624 g/mol. The minimum atomic E-state index is -0.654. The Labute approximate surface area is 264 Å². The number of aryl methyl sites for hydroxylation is 2. The summed E-state index contributed by atoms with van der Waals surface area (Å²) in [5, 5.41) is 77.0. The lowest BCUT2D eigenvalue weighted by Crippen LogP contribution is -2.02. The zero-order valence-electron chi connectivity index (χ0n) is 24.1. The fourth-order valence-corrected chi connectivity index (χ4v) is 6.39. The second-order valence-electron chi connectivity index (χ2n) is 9.73. The molecule has 3 aromatic heterocycles. The van der Waals surface area contributed by atoms with E-state index < -0.39 is 16.9 Å². The predicted molar refractivity (Wildman–Crippen MR) is 170 cm³/mol. The van der Waals surface area contributed by atoms with E-state index in [2.05, 4.69) is 9.97 Å². The number of aliphatic hydroxyl groups is 2. The van der Waals surface area contributed by atoms with Crippen molar-refractivity contribution in [1.29, 1.82) is 0 Å². The van der Waals surface area contributed by atoms with Crippen molar-refractivity contribution in [2.24, 2.45) is 0 Å². The summed E-state index contributed by atoms with van der Waals surface area (Å²) in [6.45, 7) is 2.90.